The first kappa shape index (κ1) is 19.4. The summed E-state index contributed by atoms with van der Waals surface area (Å²) in [7, 11) is 0. The molecule has 2 heterocycles. The standard InChI is InChI=1S/C18H19Cl2N5O2/c19-13-8-12(9-14(20)10-13)18(27)25-7-1-2-15(25)17(26)24-6-5-23-16-11-21-3-4-22-16/h3-4,8-11,15H,1-2,5-7H2,(H,22,23)(H,24,26). The van der Waals surface area contributed by atoms with E-state index in [1.807, 2.05) is 0 Å². The summed E-state index contributed by atoms with van der Waals surface area (Å²) in [5, 5.41) is 6.70. The van der Waals surface area contributed by atoms with E-state index in [1.165, 1.54) is 0 Å². The van der Waals surface area contributed by atoms with Gasteiger partial charge in [-0.25, -0.2) is 4.98 Å². The molecule has 1 saturated heterocycles. The summed E-state index contributed by atoms with van der Waals surface area (Å²) in [5.41, 5.74) is 0.386. The Morgan fingerprint density at radius 3 is 2.63 bits per heavy atom. The summed E-state index contributed by atoms with van der Waals surface area (Å²) >= 11 is 12.0. The molecule has 27 heavy (non-hydrogen) atoms. The van der Waals surface area contributed by atoms with Gasteiger partial charge in [-0.05, 0) is 31.0 Å². The zero-order valence-corrected chi connectivity index (χ0v) is 16.0. The highest BCUT2D eigenvalue weighted by Gasteiger charge is 2.34. The van der Waals surface area contributed by atoms with Crippen LogP contribution in [-0.2, 0) is 4.79 Å². The molecule has 9 heteroatoms. The predicted octanol–water partition coefficient (Wildman–Crippen LogP) is 2.62. The number of aromatic nitrogens is 2. The zero-order chi connectivity index (χ0) is 19.2. The molecular formula is C18H19Cl2N5O2. The minimum absolute atomic E-state index is 0.171. The summed E-state index contributed by atoms with van der Waals surface area (Å²) in [6.07, 6.45) is 6.19. The normalized spacial score (nSPS) is 16.2. The fourth-order valence-electron chi connectivity index (χ4n) is 3.01. The molecule has 1 aliphatic rings. The van der Waals surface area contributed by atoms with Gasteiger partial charge in [0.15, 0.2) is 0 Å². The Morgan fingerprint density at radius 1 is 1.15 bits per heavy atom. The highest BCUT2D eigenvalue weighted by molar-refractivity contribution is 6.35. The van der Waals surface area contributed by atoms with Crippen molar-refractivity contribution < 1.29 is 9.59 Å². The Kier molecular flexibility index (Phi) is 6.47. The van der Waals surface area contributed by atoms with Crippen LogP contribution in [0.5, 0.6) is 0 Å². The molecule has 0 saturated carbocycles. The molecule has 1 aromatic carbocycles. The third-order valence-electron chi connectivity index (χ3n) is 4.22. The maximum Gasteiger partial charge on any atom is 0.254 e. The molecule has 1 unspecified atom stereocenters. The van der Waals surface area contributed by atoms with Crippen molar-refractivity contribution in [3.8, 4) is 0 Å². The molecule has 0 spiro atoms. The highest BCUT2D eigenvalue weighted by Crippen LogP contribution is 2.24. The predicted molar refractivity (Wildman–Crippen MR) is 104 cm³/mol. The highest BCUT2D eigenvalue weighted by atomic mass is 35.5. The largest absolute Gasteiger partial charge is 0.367 e. The minimum Gasteiger partial charge on any atom is -0.367 e. The fraction of sp³-hybridized carbons (Fsp3) is 0.333. The van der Waals surface area contributed by atoms with Crippen molar-refractivity contribution in [2.24, 2.45) is 0 Å². The van der Waals surface area contributed by atoms with Gasteiger partial charge in [-0.2, -0.15) is 0 Å². The van der Waals surface area contributed by atoms with E-state index in [4.69, 9.17) is 23.2 Å². The number of carbonyl (C=O) groups excluding carboxylic acids is 2. The van der Waals surface area contributed by atoms with Gasteiger partial charge < -0.3 is 15.5 Å². The van der Waals surface area contributed by atoms with Gasteiger partial charge in [-0.1, -0.05) is 23.2 Å². The smallest absolute Gasteiger partial charge is 0.254 e. The molecule has 0 radical (unpaired) electrons. The lowest BCUT2D eigenvalue weighted by Gasteiger charge is -2.24. The second kappa shape index (κ2) is 9.01. The molecule has 1 aliphatic heterocycles. The number of benzene rings is 1. The number of carbonyl (C=O) groups is 2. The summed E-state index contributed by atoms with van der Waals surface area (Å²) in [6.45, 7) is 1.45. The zero-order valence-electron chi connectivity index (χ0n) is 14.5. The van der Waals surface area contributed by atoms with E-state index >= 15 is 0 Å². The van der Waals surface area contributed by atoms with Gasteiger partial charge in [-0.15, -0.1) is 0 Å². The second-order valence-electron chi connectivity index (χ2n) is 6.12. The van der Waals surface area contributed by atoms with Gasteiger partial charge >= 0.3 is 0 Å². The Hall–Kier alpha value is -2.38. The number of rotatable bonds is 6. The average Bonchev–Trinajstić information content (AvgIpc) is 3.14. The number of nitrogens with zero attached hydrogens (tertiary/aromatic N) is 3. The quantitative estimate of drug-likeness (QED) is 0.718. The van der Waals surface area contributed by atoms with Crippen LogP contribution in [0.15, 0.2) is 36.8 Å². The molecule has 0 aliphatic carbocycles. The van der Waals surface area contributed by atoms with Crippen molar-refractivity contribution in [3.05, 3.63) is 52.4 Å². The molecule has 142 valence electrons. The van der Waals surface area contributed by atoms with Crippen LogP contribution in [0.25, 0.3) is 0 Å². The summed E-state index contributed by atoms with van der Waals surface area (Å²) in [4.78, 5) is 34.9. The Labute approximate surface area is 167 Å². The van der Waals surface area contributed by atoms with Gasteiger partial charge in [-0.3, -0.25) is 14.6 Å². The van der Waals surface area contributed by atoms with Crippen molar-refractivity contribution in [1.29, 1.82) is 0 Å². The van der Waals surface area contributed by atoms with Gasteiger partial charge in [0, 0.05) is 47.6 Å². The number of anilines is 1. The summed E-state index contributed by atoms with van der Waals surface area (Å²) in [5.74, 6) is 0.229. The molecule has 2 amide bonds. The molecule has 7 nitrogen and oxygen atoms in total. The van der Waals surface area contributed by atoms with Crippen molar-refractivity contribution in [3.63, 3.8) is 0 Å². The molecule has 1 fully saturated rings. The lowest BCUT2D eigenvalue weighted by molar-refractivity contribution is -0.124. The van der Waals surface area contributed by atoms with E-state index in [1.54, 1.807) is 41.7 Å². The third-order valence-corrected chi connectivity index (χ3v) is 4.66. The van der Waals surface area contributed by atoms with Crippen LogP contribution in [0, 0.1) is 0 Å². The molecule has 3 rings (SSSR count). The van der Waals surface area contributed by atoms with E-state index in [2.05, 4.69) is 20.6 Å². The molecule has 1 aromatic heterocycles. The minimum atomic E-state index is -0.494. The van der Waals surface area contributed by atoms with Crippen molar-refractivity contribution in [2.75, 3.05) is 25.0 Å². The second-order valence-corrected chi connectivity index (χ2v) is 7.00. The van der Waals surface area contributed by atoms with Crippen LogP contribution in [0.3, 0.4) is 0 Å². The molecule has 1 atom stereocenters. The van der Waals surface area contributed by atoms with Gasteiger partial charge in [0.25, 0.3) is 5.91 Å². The van der Waals surface area contributed by atoms with Gasteiger partial charge in [0.05, 0.1) is 6.20 Å². The number of likely N-dealkylation sites (tertiary alicyclic amines) is 1. The number of amides is 2. The number of hydrogen-bond donors (Lipinski definition) is 2. The fourth-order valence-corrected chi connectivity index (χ4v) is 3.54. The Morgan fingerprint density at radius 2 is 1.93 bits per heavy atom. The van der Waals surface area contributed by atoms with E-state index in [9.17, 15) is 9.59 Å². The molecule has 2 aromatic rings. The lowest BCUT2D eigenvalue weighted by Crippen LogP contribution is -2.46. The Bertz CT molecular complexity index is 798. The maximum atomic E-state index is 12.8. The van der Waals surface area contributed by atoms with Crippen LogP contribution in [-0.4, -0.2) is 52.4 Å². The number of hydrogen-bond acceptors (Lipinski definition) is 5. The van der Waals surface area contributed by atoms with Gasteiger partial charge in [0.1, 0.15) is 11.9 Å². The van der Waals surface area contributed by atoms with E-state index in [0.717, 1.165) is 6.42 Å². The van der Waals surface area contributed by atoms with Crippen LogP contribution < -0.4 is 10.6 Å². The summed E-state index contributed by atoms with van der Waals surface area (Å²) in [6, 6.07) is 4.20. The van der Waals surface area contributed by atoms with E-state index < -0.39 is 6.04 Å². The third kappa shape index (κ3) is 5.08. The van der Waals surface area contributed by atoms with Crippen molar-refractivity contribution in [2.45, 2.75) is 18.9 Å². The topological polar surface area (TPSA) is 87.2 Å². The molecular weight excluding hydrogens is 389 g/mol. The molecule has 2 N–H and O–H groups in total. The monoisotopic (exact) mass is 407 g/mol. The summed E-state index contributed by atoms with van der Waals surface area (Å²) < 4.78 is 0. The van der Waals surface area contributed by atoms with Crippen LogP contribution >= 0.6 is 23.2 Å². The number of halogens is 2. The average molecular weight is 408 g/mol. The first-order valence-electron chi connectivity index (χ1n) is 8.59. The van der Waals surface area contributed by atoms with Crippen LogP contribution in [0.4, 0.5) is 5.82 Å². The van der Waals surface area contributed by atoms with Crippen molar-refractivity contribution in [1.82, 2.24) is 20.2 Å². The van der Waals surface area contributed by atoms with E-state index in [-0.39, 0.29) is 11.8 Å². The first-order chi connectivity index (χ1) is 13.0. The van der Waals surface area contributed by atoms with Crippen LogP contribution in [0.2, 0.25) is 10.0 Å². The molecule has 0 bridgehead atoms. The van der Waals surface area contributed by atoms with E-state index in [0.29, 0.717) is 47.5 Å². The van der Waals surface area contributed by atoms with Crippen LogP contribution in [0.1, 0.15) is 23.2 Å². The maximum absolute atomic E-state index is 12.8. The SMILES string of the molecule is O=C(NCCNc1cnccn1)C1CCCN1C(=O)c1cc(Cl)cc(Cl)c1. The number of nitrogens with one attached hydrogen (secondary N) is 2. The van der Waals surface area contributed by atoms with Crippen molar-refractivity contribution >= 4 is 40.8 Å². The lowest BCUT2D eigenvalue weighted by atomic mass is 10.1. The Balaban J connectivity index is 1.55. The van der Waals surface area contributed by atoms with Gasteiger partial charge in [0.2, 0.25) is 5.91 Å². The first-order valence-corrected chi connectivity index (χ1v) is 9.35.